The fourth-order valence-electron chi connectivity index (χ4n) is 2.53. The summed E-state index contributed by atoms with van der Waals surface area (Å²) in [6.07, 6.45) is 8.28. The van der Waals surface area contributed by atoms with Gasteiger partial charge in [0.2, 0.25) is 0 Å². The molecule has 1 aliphatic rings. The third-order valence-electron chi connectivity index (χ3n) is 3.76. The molecule has 1 fully saturated rings. The molecule has 2 heterocycles. The molecule has 2 aromatic heterocycles. The summed E-state index contributed by atoms with van der Waals surface area (Å²) in [5.74, 6) is 0. The van der Waals surface area contributed by atoms with Gasteiger partial charge >= 0.3 is 0 Å². The van der Waals surface area contributed by atoms with Crippen molar-refractivity contribution in [1.29, 1.82) is 0 Å². The molecular formula is C16H16N4. The fourth-order valence-corrected chi connectivity index (χ4v) is 2.53. The summed E-state index contributed by atoms with van der Waals surface area (Å²) < 4.78 is 2.29. The zero-order valence-electron chi connectivity index (χ0n) is 11.2. The van der Waals surface area contributed by atoms with Crippen LogP contribution in [0.1, 0.15) is 24.6 Å². The summed E-state index contributed by atoms with van der Waals surface area (Å²) in [6.45, 7) is 0.808. The standard InChI is InChI=1S/C16H16N4/c1-2-12-8-13(3-6-16(12)18-7-1)19-10-15-9-17-11-20(15)14-4-5-14/h1-3,6-9,11,14,19H,4-5,10H2. The van der Waals surface area contributed by atoms with Crippen molar-refractivity contribution >= 4 is 16.6 Å². The van der Waals surface area contributed by atoms with Crippen molar-refractivity contribution in [3.05, 3.63) is 54.7 Å². The van der Waals surface area contributed by atoms with Crippen molar-refractivity contribution in [2.45, 2.75) is 25.4 Å². The maximum absolute atomic E-state index is 4.34. The van der Waals surface area contributed by atoms with Crippen LogP contribution in [0.25, 0.3) is 10.9 Å². The van der Waals surface area contributed by atoms with E-state index < -0.39 is 0 Å². The summed E-state index contributed by atoms with van der Waals surface area (Å²) >= 11 is 0. The predicted octanol–water partition coefficient (Wildman–Crippen LogP) is 3.38. The van der Waals surface area contributed by atoms with Crippen LogP contribution in [0.2, 0.25) is 0 Å². The average Bonchev–Trinajstić information content (AvgIpc) is 3.23. The summed E-state index contributed by atoms with van der Waals surface area (Å²) in [5.41, 5.74) is 3.40. The average molecular weight is 264 g/mol. The first-order valence-electron chi connectivity index (χ1n) is 6.99. The lowest BCUT2D eigenvalue weighted by atomic mass is 10.2. The molecule has 20 heavy (non-hydrogen) atoms. The number of nitrogens with one attached hydrogen (secondary N) is 1. The van der Waals surface area contributed by atoms with Crippen LogP contribution in [-0.4, -0.2) is 14.5 Å². The van der Waals surface area contributed by atoms with E-state index in [1.807, 2.05) is 24.8 Å². The minimum atomic E-state index is 0.676. The Morgan fingerprint density at radius 3 is 3.10 bits per heavy atom. The van der Waals surface area contributed by atoms with E-state index in [1.54, 1.807) is 0 Å². The maximum atomic E-state index is 4.34. The van der Waals surface area contributed by atoms with E-state index in [0.29, 0.717) is 6.04 Å². The quantitative estimate of drug-likeness (QED) is 0.785. The van der Waals surface area contributed by atoms with E-state index in [1.165, 1.54) is 18.5 Å². The Hall–Kier alpha value is -2.36. The Morgan fingerprint density at radius 1 is 1.25 bits per heavy atom. The molecule has 0 spiro atoms. The number of pyridine rings is 1. The monoisotopic (exact) mass is 264 g/mol. The first-order valence-corrected chi connectivity index (χ1v) is 6.99. The van der Waals surface area contributed by atoms with Crippen LogP contribution in [-0.2, 0) is 6.54 Å². The van der Waals surface area contributed by atoms with Crippen LogP contribution >= 0.6 is 0 Å². The molecule has 1 saturated carbocycles. The number of anilines is 1. The van der Waals surface area contributed by atoms with Gasteiger partial charge < -0.3 is 9.88 Å². The van der Waals surface area contributed by atoms with Gasteiger partial charge in [-0.05, 0) is 37.1 Å². The van der Waals surface area contributed by atoms with Crippen LogP contribution in [0, 0.1) is 0 Å². The minimum absolute atomic E-state index is 0.676. The lowest BCUT2D eigenvalue weighted by Gasteiger charge is -2.09. The zero-order valence-corrected chi connectivity index (χ0v) is 11.2. The zero-order chi connectivity index (χ0) is 13.4. The van der Waals surface area contributed by atoms with Crippen molar-refractivity contribution in [3.8, 4) is 0 Å². The first kappa shape index (κ1) is 11.5. The second-order valence-electron chi connectivity index (χ2n) is 5.29. The van der Waals surface area contributed by atoms with Gasteiger partial charge in [0, 0.05) is 29.5 Å². The Kier molecular flexibility index (Phi) is 2.66. The van der Waals surface area contributed by atoms with Crippen molar-refractivity contribution in [2.75, 3.05) is 5.32 Å². The molecule has 1 N–H and O–H groups in total. The lowest BCUT2D eigenvalue weighted by molar-refractivity contribution is 0.701. The molecule has 0 saturated heterocycles. The number of hydrogen-bond donors (Lipinski definition) is 1. The van der Waals surface area contributed by atoms with Gasteiger partial charge in [-0.2, -0.15) is 0 Å². The Balaban J connectivity index is 1.53. The van der Waals surface area contributed by atoms with Crippen molar-refractivity contribution in [3.63, 3.8) is 0 Å². The number of imidazole rings is 1. The van der Waals surface area contributed by atoms with Gasteiger partial charge in [0.25, 0.3) is 0 Å². The molecular weight excluding hydrogens is 248 g/mol. The normalized spacial score (nSPS) is 14.6. The second kappa shape index (κ2) is 4.63. The van der Waals surface area contributed by atoms with Crippen molar-refractivity contribution in [2.24, 2.45) is 0 Å². The largest absolute Gasteiger partial charge is 0.379 e. The Morgan fingerprint density at radius 2 is 2.20 bits per heavy atom. The van der Waals surface area contributed by atoms with E-state index >= 15 is 0 Å². The van der Waals surface area contributed by atoms with Gasteiger partial charge in [0.1, 0.15) is 0 Å². The van der Waals surface area contributed by atoms with Crippen LogP contribution in [0.15, 0.2) is 49.1 Å². The molecule has 0 radical (unpaired) electrons. The Bertz CT molecular complexity index is 743. The van der Waals surface area contributed by atoms with Gasteiger partial charge in [0.15, 0.2) is 0 Å². The topological polar surface area (TPSA) is 42.7 Å². The van der Waals surface area contributed by atoms with Crippen LogP contribution in [0.4, 0.5) is 5.69 Å². The second-order valence-corrected chi connectivity index (χ2v) is 5.29. The van der Waals surface area contributed by atoms with E-state index in [4.69, 9.17) is 0 Å². The molecule has 4 rings (SSSR count). The highest BCUT2D eigenvalue weighted by Gasteiger charge is 2.24. The SMILES string of the molecule is c1cnc2ccc(NCc3cncn3C3CC3)cc2c1. The molecule has 4 heteroatoms. The number of benzene rings is 1. The third kappa shape index (κ3) is 2.13. The smallest absolute Gasteiger partial charge is 0.0951 e. The molecule has 0 unspecified atom stereocenters. The van der Waals surface area contributed by atoms with Gasteiger partial charge in [-0.1, -0.05) is 6.07 Å². The number of fused-ring (bicyclic) bond motifs is 1. The third-order valence-corrected chi connectivity index (χ3v) is 3.76. The number of hydrogen-bond acceptors (Lipinski definition) is 3. The van der Waals surface area contributed by atoms with Crippen LogP contribution < -0.4 is 5.32 Å². The van der Waals surface area contributed by atoms with Gasteiger partial charge in [0.05, 0.1) is 24.1 Å². The van der Waals surface area contributed by atoms with Crippen molar-refractivity contribution < 1.29 is 0 Å². The number of aromatic nitrogens is 3. The van der Waals surface area contributed by atoms with E-state index in [0.717, 1.165) is 23.1 Å². The first-order chi connectivity index (χ1) is 9.90. The molecule has 0 amide bonds. The fraction of sp³-hybridized carbons (Fsp3) is 0.250. The van der Waals surface area contributed by atoms with Gasteiger partial charge in [-0.25, -0.2) is 4.98 Å². The number of nitrogens with zero attached hydrogens (tertiary/aromatic N) is 3. The molecule has 3 aromatic rings. The van der Waals surface area contributed by atoms with Crippen LogP contribution in [0.3, 0.4) is 0 Å². The molecule has 1 aliphatic carbocycles. The molecule has 100 valence electrons. The molecule has 1 aromatic carbocycles. The minimum Gasteiger partial charge on any atom is -0.379 e. The number of rotatable bonds is 4. The lowest BCUT2D eigenvalue weighted by Crippen LogP contribution is -2.05. The molecule has 0 bridgehead atoms. The highest BCUT2D eigenvalue weighted by Crippen LogP contribution is 2.35. The predicted molar refractivity (Wildman–Crippen MR) is 79.6 cm³/mol. The highest BCUT2D eigenvalue weighted by atomic mass is 15.1. The summed E-state index contributed by atoms with van der Waals surface area (Å²) in [5, 5.41) is 4.63. The molecule has 0 aliphatic heterocycles. The van der Waals surface area contributed by atoms with E-state index in [9.17, 15) is 0 Å². The summed E-state index contributed by atoms with van der Waals surface area (Å²) in [6, 6.07) is 11.0. The Labute approximate surface area is 117 Å². The highest BCUT2D eigenvalue weighted by molar-refractivity contribution is 5.82. The van der Waals surface area contributed by atoms with Gasteiger partial charge in [-0.15, -0.1) is 0 Å². The summed E-state index contributed by atoms with van der Waals surface area (Å²) in [4.78, 5) is 8.59. The molecule has 4 nitrogen and oxygen atoms in total. The summed E-state index contributed by atoms with van der Waals surface area (Å²) in [7, 11) is 0. The van der Waals surface area contributed by atoms with E-state index in [2.05, 4.69) is 44.1 Å². The maximum Gasteiger partial charge on any atom is 0.0951 e. The van der Waals surface area contributed by atoms with E-state index in [-0.39, 0.29) is 0 Å². The molecule has 0 atom stereocenters. The van der Waals surface area contributed by atoms with Gasteiger partial charge in [-0.3, -0.25) is 4.98 Å². The van der Waals surface area contributed by atoms with Crippen molar-refractivity contribution in [1.82, 2.24) is 14.5 Å². The van der Waals surface area contributed by atoms with Crippen LogP contribution in [0.5, 0.6) is 0 Å².